The highest BCUT2D eigenvalue weighted by Gasteiger charge is 2.16. The Bertz CT molecular complexity index is 196. The number of hydrogen-bond donors (Lipinski definition) is 2. The van der Waals surface area contributed by atoms with Crippen molar-refractivity contribution < 1.29 is 9.53 Å². The fraction of sp³-hybridized carbons (Fsp3) is 0.909. The molecular formula is C11H23ClN2O2. The number of hydrogen-bond acceptors (Lipinski definition) is 3. The van der Waals surface area contributed by atoms with Crippen LogP contribution in [-0.2, 0) is 9.53 Å². The van der Waals surface area contributed by atoms with Crippen LogP contribution in [0.5, 0.6) is 0 Å². The number of amides is 1. The molecule has 0 saturated carbocycles. The Labute approximate surface area is 104 Å². The molecule has 1 aliphatic heterocycles. The fourth-order valence-electron chi connectivity index (χ4n) is 1.84. The van der Waals surface area contributed by atoms with Crippen LogP contribution in [0.4, 0.5) is 0 Å². The number of carbonyl (C=O) groups is 1. The third-order valence-electron chi connectivity index (χ3n) is 2.83. The Balaban J connectivity index is 0.00000225. The minimum absolute atomic E-state index is 0. The molecule has 1 amide bonds. The molecule has 5 heteroatoms. The summed E-state index contributed by atoms with van der Waals surface area (Å²) in [6.07, 6.45) is 2.43. The number of ether oxygens (including phenoxy) is 1. The van der Waals surface area contributed by atoms with Crippen molar-refractivity contribution in [1.82, 2.24) is 10.6 Å². The molecule has 0 aromatic carbocycles. The van der Waals surface area contributed by atoms with Crippen molar-refractivity contribution >= 4 is 18.3 Å². The highest BCUT2D eigenvalue weighted by Crippen LogP contribution is 2.08. The monoisotopic (exact) mass is 250 g/mol. The lowest BCUT2D eigenvalue weighted by Crippen LogP contribution is -2.40. The van der Waals surface area contributed by atoms with E-state index >= 15 is 0 Å². The number of carbonyl (C=O) groups excluding carboxylic acids is 1. The van der Waals surface area contributed by atoms with Gasteiger partial charge in [-0.3, -0.25) is 4.79 Å². The van der Waals surface area contributed by atoms with E-state index in [1.807, 2.05) is 6.92 Å². The zero-order valence-electron chi connectivity index (χ0n) is 10.1. The van der Waals surface area contributed by atoms with Gasteiger partial charge in [0.15, 0.2) is 0 Å². The Kier molecular flexibility index (Phi) is 8.61. The van der Waals surface area contributed by atoms with Crippen LogP contribution in [0.2, 0.25) is 0 Å². The molecule has 1 saturated heterocycles. The lowest BCUT2D eigenvalue weighted by Gasteiger charge is -2.23. The molecule has 0 aromatic rings. The van der Waals surface area contributed by atoms with Crippen molar-refractivity contribution in [3.63, 3.8) is 0 Å². The molecule has 0 bridgehead atoms. The summed E-state index contributed by atoms with van der Waals surface area (Å²) in [7, 11) is 1.62. The van der Waals surface area contributed by atoms with Crippen molar-refractivity contribution in [2.45, 2.75) is 19.8 Å². The molecule has 4 nitrogen and oxygen atoms in total. The molecule has 1 rings (SSSR count). The summed E-state index contributed by atoms with van der Waals surface area (Å²) in [6, 6.07) is 0. The summed E-state index contributed by atoms with van der Waals surface area (Å²) in [5.74, 6) is 0.645. The molecule has 0 spiro atoms. The van der Waals surface area contributed by atoms with Crippen LogP contribution in [0.15, 0.2) is 0 Å². The maximum absolute atomic E-state index is 11.6. The van der Waals surface area contributed by atoms with Gasteiger partial charge < -0.3 is 15.4 Å². The van der Waals surface area contributed by atoms with Gasteiger partial charge in [-0.05, 0) is 31.8 Å². The van der Waals surface area contributed by atoms with E-state index in [1.54, 1.807) is 7.11 Å². The van der Waals surface area contributed by atoms with Crippen LogP contribution in [0.25, 0.3) is 0 Å². The van der Waals surface area contributed by atoms with Gasteiger partial charge in [-0.1, -0.05) is 6.92 Å². The number of piperidine rings is 1. The predicted molar refractivity (Wildman–Crippen MR) is 66.9 cm³/mol. The standard InChI is InChI=1S/C11H22N2O2.ClH/c1-9(8-15-2)11(14)13-7-10-4-3-5-12-6-10;/h9-10,12H,3-8H2,1-2H3,(H,13,14);1H. The maximum Gasteiger partial charge on any atom is 0.225 e. The third kappa shape index (κ3) is 5.68. The second-order valence-corrected chi connectivity index (χ2v) is 4.31. The Morgan fingerprint density at radius 3 is 2.94 bits per heavy atom. The smallest absolute Gasteiger partial charge is 0.225 e. The van der Waals surface area contributed by atoms with E-state index in [4.69, 9.17) is 4.74 Å². The maximum atomic E-state index is 11.6. The molecule has 2 N–H and O–H groups in total. The summed E-state index contributed by atoms with van der Waals surface area (Å²) in [5, 5.41) is 6.31. The lowest BCUT2D eigenvalue weighted by atomic mass is 9.99. The Hall–Kier alpha value is -0.320. The number of halogens is 1. The Morgan fingerprint density at radius 1 is 1.62 bits per heavy atom. The van der Waals surface area contributed by atoms with E-state index in [0.717, 1.165) is 19.6 Å². The molecule has 0 aliphatic carbocycles. The van der Waals surface area contributed by atoms with Gasteiger partial charge in [-0.2, -0.15) is 0 Å². The summed E-state index contributed by atoms with van der Waals surface area (Å²) in [4.78, 5) is 11.6. The first-order valence-corrected chi connectivity index (χ1v) is 5.71. The zero-order valence-corrected chi connectivity index (χ0v) is 10.9. The molecule has 2 unspecified atom stereocenters. The van der Waals surface area contributed by atoms with Crippen LogP contribution in [0.3, 0.4) is 0 Å². The average Bonchev–Trinajstić information content (AvgIpc) is 2.27. The van der Waals surface area contributed by atoms with Crippen molar-refractivity contribution in [2.75, 3.05) is 33.4 Å². The van der Waals surface area contributed by atoms with Gasteiger partial charge in [0.2, 0.25) is 5.91 Å². The number of rotatable bonds is 5. The second kappa shape index (κ2) is 8.79. The minimum atomic E-state index is -0.0495. The van der Waals surface area contributed by atoms with Crippen LogP contribution in [0, 0.1) is 11.8 Å². The average molecular weight is 251 g/mol. The molecular weight excluding hydrogens is 228 g/mol. The van der Waals surface area contributed by atoms with E-state index in [2.05, 4.69) is 10.6 Å². The minimum Gasteiger partial charge on any atom is -0.384 e. The van der Waals surface area contributed by atoms with Crippen LogP contribution in [0.1, 0.15) is 19.8 Å². The summed E-state index contributed by atoms with van der Waals surface area (Å²) in [6.45, 7) is 5.32. The van der Waals surface area contributed by atoms with E-state index in [-0.39, 0.29) is 24.2 Å². The number of nitrogens with one attached hydrogen (secondary N) is 2. The number of methoxy groups -OCH3 is 1. The largest absolute Gasteiger partial charge is 0.384 e. The predicted octanol–water partition coefficient (Wildman–Crippen LogP) is 0.806. The fourth-order valence-corrected chi connectivity index (χ4v) is 1.84. The van der Waals surface area contributed by atoms with E-state index in [1.165, 1.54) is 12.8 Å². The van der Waals surface area contributed by atoms with E-state index in [9.17, 15) is 4.79 Å². The van der Waals surface area contributed by atoms with Gasteiger partial charge in [0.1, 0.15) is 0 Å². The quantitative estimate of drug-likeness (QED) is 0.759. The first kappa shape index (κ1) is 15.7. The second-order valence-electron chi connectivity index (χ2n) is 4.31. The summed E-state index contributed by atoms with van der Waals surface area (Å²) >= 11 is 0. The van der Waals surface area contributed by atoms with Crippen LogP contribution >= 0.6 is 12.4 Å². The van der Waals surface area contributed by atoms with Gasteiger partial charge in [0, 0.05) is 13.7 Å². The molecule has 2 atom stereocenters. The van der Waals surface area contributed by atoms with Gasteiger partial charge in [0.25, 0.3) is 0 Å². The molecule has 1 heterocycles. The summed E-state index contributed by atoms with van der Waals surface area (Å²) < 4.78 is 4.94. The third-order valence-corrected chi connectivity index (χ3v) is 2.83. The zero-order chi connectivity index (χ0) is 11.1. The molecule has 1 fully saturated rings. The van der Waals surface area contributed by atoms with Crippen LogP contribution < -0.4 is 10.6 Å². The van der Waals surface area contributed by atoms with E-state index in [0.29, 0.717) is 12.5 Å². The van der Waals surface area contributed by atoms with Gasteiger partial charge in [0.05, 0.1) is 12.5 Å². The molecule has 16 heavy (non-hydrogen) atoms. The van der Waals surface area contributed by atoms with Crippen LogP contribution in [-0.4, -0.2) is 39.3 Å². The molecule has 1 aliphatic rings. The molecule has 0 aromatic heterocycles. The molecule has 96 valence electrons. The lowest BCUT2D eigenvalue weighted by molar-refractivity contribution is -0.126. The van der Waals surface area contributed by atoms with Crippen molar-refractivity contribution in [2.24, 2.45) is 11.8 Å². The van der Waals surface area contributed by atoms with Crippen molar-refractivity contribution in [1.29, 1.82) is 0 Å². The first-order chi connectivity index (χ1) is 7.24. The van der Waals surface area contributed by atoms with Gasteiger partial charge in [-0.15, -0.1) is 12.4 Å². The van der Waals surface area contributed by atoms with E-state index < -0.39 is 0 Å². The van der Waals surface area contributed by atoms with Crippen molar-refractivity contribution in [3.05, 3.63) is 0 Å². The highest BCUT2D eigenvalue weighted by atomic mass is 35.5. The van der Waals surface area contributed by atoms with Gasteiger partial charge >= 0.3 is 0 Å². The highest BCUT2D eigenvalue weighted by molar-refractivity contribution is 5.85. The topological polar surface area (TPSA) is 50.4 Å². The Morgan fingerprint density at radius 2 is 2.38 bits per heavy atom. The van der Waals surface area contributed by atoms with Crippen molar-refractivity contribution in [3.8, 4) is 0 Å². The first-order valence-electron chi connectivity index (χ1n) is 5.71. The SMILES string of the molecule is COCC(C)C(=O)NCC1CCCNC1.Cl. The normalized spacial score (nSPS) is 22.0. The summed E-state index contributed by atoms with van der Waals surface area (Å²) in [5.41, 5.74) is 0. The van der Waals surface area contributed by atoms with Gasteiger partial charge in [-0.25, -0.2) is 0 Å². The molecule has 0 radical (unpaired) electrons.